The molecule has 0 aliphatic heterocycles. The number of nitrogens with zero attached hydrogens (tertiary/aromatic N) is 3. The molecule has 0 aliphatic carbocycles. The van der Waals surface area contributed by atoms with E-state index < -0.39 is 34.6 Å². The monoisotopic (exact) mass is 412 g/mol. The second-order valence-corrected chi connectivity index (χ2v) is 6.10. The molecule has 0 radical (unpaired) electrons. The van der Waals surface area contributed by atoms with E-state index in [1.807, 2.05) is 0 Å². The van der Waals surface area contributed by atoms with E-state index >= 15 is 0 Å². The fraction of sp³-hybridized carbons (Fsp3) is 0.150. The molecule has 2 aromatic carbocycles. The highest BCUT2D eigenvalue weighted by molar-refractivity contribution is 6.06. The van der Waals surface area contributed by atoms with Crippen LogP contribution in [0.3, 0.4) is 0 Å². The van der Waals surface area contributed by atoms with Crippen molar-refractivity contribution < 1.29 is 18.7 Å². The second-order valence-electron chi connectivity index (χ2n) is 6.10. The second kappa shape index (κ2) is 8.52. The highest BCUT2D eigenvalue weighted by Gasteiger charge is 2.21. The van der Waals surface area contributed by atoms with Crippen LogP contribution in [0.25, 0.3) is 5.69 Å². The van der Waals surface area contributed by atoms with Gasteiger partial charge in [0.1, 0.15) is 5.82 Å². The first kappa shape index (κ1) is 20.6. The first-order chi connectivity index (χ1) is 14.3. The first-order valence-corrected chi connectivity index (χ1v) is 8.87. The van der Waals surface area contributed by atoms with Crippen molar-refractivity contribution in [1.82, 2.24) is 14.3 Å². The predicted octanol–water partition coefficient (Wildman–Crippen LogP) is 1.50. The van der Waals surface area contributed by atoms with Crippen LogP contribution in [0.5, 0.6) is 0 Å². The molecule has 1 heterocycles. The number of ether oxygens (including phenoxy) is 1. The van der Waals surface area contributed by atoms with Gasteiger partial charge in [-0.25, -0.2) is 14.0 Å². The molecule has 154 valence electrons. The number of esters is 1. The van der Waals surface area contributed by atoms with Gasteiger partial charge in [0.15, 0.2) is 0 Å². The molecule has 0 atom stereocenters. The Labute approximate surface area is 169 Å². The maximum absolute atomic E-state index is 13.2. The standard InChI is InChI=1S/C20H17FN4O5/c1-3-30-19(28)14-6-4-5-7-15(14)22-17(26)16-18(27)24(2)20(29)25(23-16)13-10-8-12(21)9-11-13/h4-11H,3H2,1-2H3,(H,22,26). The summed E-state index contributed by atoms with van der Waals surface area (Å²) in [6.07, 6.45) is 0. The van der Waals surface area contributed by atoms with E-state index in [9.17, 15) is 23.6 Å². The van der Waals surface area contributed by atoms with E-state index in [1.54, 1.807) is 19.1 Å². The lowest BCUT2D eigenvalue weighted by molar-refractivity contribution is 0.0527. The van der Waals surface area contributed by atoms with E-state index in [0.29, 0.717) is 4.57 Å². The normalized spacial score (nSPS) is 10.5. The fourth-order valence-corrected chi connectivity index (χ4v) is 2.63. The number of aromatic nitrogens is 3. The van der Waals surface area contributed by atoms with Crippen molar-refractivity contribution in [3.8, 4) is 5.69 Å². The smallest absolute Gasteiger partial charge is 0.351 e. The molecule has 1 amide bonds. The number of para-hydroxylation sites is 1. The minimum Gasteiger partial charge on any atom is -0.462 e. The van der Waals surface area contributed by atoms with E-state index in [-0.39, 0.29) is 23.5 Å². The van der Waals surface area contributed by atoms with Gasteiger partial charge >= 0.3 is 11.7 Å². The predicted molar refractivity (Wildman–Crippen MR) is 105 cm³/mol. The Morgan fingerprint density at radius 3 is 2.43 bits per heavy atom. The van der Waals surface area contributed by atoms with Crippen molar-refractivity contribution >= 4 is 17.6 Å². The minimum atomic E-state index is -0.928. The summed E-state index contributed by atoms with van der Waals surface area (Å²) >= 11 is 0. The summed E-state index contributed by atoms with van der Waals surface area (Å²) in [7, 11) is 1.19. The third-order valence-corrected chi connectivity index (χ3v) is 4.13. The van der Waals surface area contributed by atoms with Gasteiger partial charge in [0, 0.05) is 7.05 Å². The van der Waals surface area contributed by atoms with Crippen molar-refractivity contribution in [1.29, 1.82) is 0 Å². The lowest BCUT2D eigenvalue weighted by Gasteiger charge is -2.12. The Morgan fingerprint density at radius 1 is 1.10 bits per heavy atom. The zero-order valence-electron chi connectivity index (χ0n) is 16.1. The van der Waals surface area contributed by atoms with Gasteiger partial charge in [-0.3, -0.25) is 14.2 Å². The van der Waals surface area contributed by atoms with Gasteiger partial charge in [0.05, 0.1) is 23.5 Å². The van der Waals surface area contributed by atoms with Crippen LogP contribution in [-0.2, 0) is 11.8 Å². The lowest BCUT2D eigenvalue weighted by atomic mass is 10.1. The molecule has 3 aromatic rings. The number of amides is 1. The number of rotatable bonds is 5. The number of hydrogen-bond acceptors (Lipinski definition) is 6. The van der Waals surface area contributed by atoms with Gasteiger partial charge in [-0.15, -0.1) is 0 Å². The Kier molecular flexibility index (Phi) is 5.86. The summed E-state index contributed by atoms with van der Waals surface area (Å²) < 4.78 is 19.7. The van der Waals surface area contributed by atoms with E-state index in [0.717, 1.165) is 16.8 Å². The number of carbonyl (C=O) groups is 2. The Bertz CT molecular complexity index is 1230. The van der Waals surface area contributed by atoms with Crippen molar-refractivity contribution in [2.75, 3.05) is 11.9 Å². The van der Waals surface area contributed by atoms with Crippen LogP contribution in [0.2, 0.25) is 0 Å². The Hall–Kier alpha value is -4.08. The lowest BCUT2D eigenvalue weighted by Crippen LogP contribution is -2.43. The van der Waals surface area contributed by atoms with Gasteiger partial charge in [0.25, 0.3) is 11.5 Å². The highest BCUT2D eigenvalue weighted by Crippen LogP contribution is 2.17. The molecule has 1 aromatic heterocycles. The number of halogens is 1. The summed E-state index contributed by atoms with van der Waals surface area (Å²) in [4.78, 5) is 49.7. The molecule has 0 bridgehead atoms. The highest BCUT2D eigenvalue weighted by atomic mass is 19.1. The van der Waals surface area contributed by atoms with Gasteiger partial charge < -0.3 is 10.1 Å². The summed E-state index contributed by atoms with van der Waals surface area (Å²) in [6.45, 7) is 1.79. The molecule has 0 unspecified atom stereocenters. The zero-order valence-corrected chi connectivity index (χ0v) is 16.1. The van der Waals surface area contributed by atoms with E-state index in [1.165, 1.54) is 31.3 Å². The average Bonchev–Trinajstić information content (AvgIpc) is 2.73. The minimum absolute atomic E-state index is 0.0939. The topological polar surface area (TPSA) is 112 Å². The van der Waals surface area contributed by atoms with Gasteiger partial charge in [-0.1, -0.05) is 12.1 Å². The number of benzene rings is 2. The largest absolute Gasteiger partial charge is 0.462 e. The van der Waals surface area contributed by atoms with Crippen LogP contribution in [0.1, 0.15) is 27.8 Å². The molecule has 1 N–H and O–H groups in total. The van der Waals surface area contributed by atoms with Crippen molar-refractivity contribution in [2.45, 2.75) is 6.92 Å². The molecule has 0 fully saturated rings. The molecule has 0 spiro atoms. The summed E-state index contributed by atoms with van der Waals surface area (Å²) in [5.74, 6) is -2.10. The molecule has 3 rings (SSSR count). The van der Waals surface area contributed by atoms with Gasteiger partial charge in [-0.05, 0) is 43.3 Å². The first-order valence-electron chi connectivity index (χ1n) is 8.87. The maximum Gasteiger partial charge on any atom is 0.351 e. The number of nitrogens with one attached hydrogen (secondary N) is 1. The Morgan fingerprint density at radius 2 is 1.77 bits per heavy atom. The molecular formula is C20H17FN4O5. The van der Waals surface area contributed by atoms with Crippen LogP contribution < -0.4 is 16.6 Å². The van der Waals surface area contributed by atoms with Crippen molar-refractivity contribution in [3.63, 3.8) is 0 Å². The van der Waals surface area contributed by atoms with Crippen LogP contribution in [0.4, 0.5) is 10.1 Å². The van der Waals surface area contributed by atoms with Crippen molar-refractivity contribution in [2.24, 2.45) is 7.05 Å². The maximum atomic E-state index is 13.2. The van der Waals surface area contributed by atoms with Crippen LogP contribution >= 0.6 is 0 Å². The molecule has 30 heavy (non-hydrogen) atoms. The fourth-order valence-electron chi connectivity index (χ4n) is 2.63. The molecular weight excluding hydrogens is 395 g/mol. The molecule has 0 saturated heterocycles. The van der Waals surface area contributed by atoms with E-state index in [2.05, 4.69) is 10.4 Å². The van der Waals surface area contributed by atoms with Gasteiger partial charge in [0.2, 0.25) is 5.69 Å². The molecule has 9 nitrogen and oxygen atoms in total. The van der Waals surface area contributed by atoms with Crippen molar-refractivity contribution in [3.05, 3.63) is 86.4 Å². The molecule has 0 aliphatic rings. The zero-order chi connectivity index (χ0) is 21.8. The van der Waals surface area contributed by atoms with Crippen LogP contribution in [0.15, 0.2) is 58.1 Å². The third-order valence-electron chi connectivity index (χ3n) is 4.13. The quantitative estimate of drug-likeness (QED) is 0.636. The summed E-state index contributed by atoms with van der Waals surface area (Å²) in [5, 5.41) is 6.31. The van der Waals surface area contributed by atoms with Crippen LogP contribution in [0, 0.1) is 5.82 Å². The average molecular weight is 412 g/mol. The van der Waals surface area contributed by atoms with Crippen LogP contribution in [-0.4, -0.2) is 32.8 Å². The Balaban J connectivity index is 2.04. The van der Waals surface area contributed by atoms with Gasteiger partial charge in [-0.2, -0.15) is 9.78 Å². The summed E-state index contributed by atoms with van der Waals surface area (Å²) in [5.41, 5.74) is -1.95. The van der Waals surface area contributed by atoms with E-state index in [4.69, 9.17) is 4.74 Å². The number of carbonyl (C=O) groups excluding carboxylic acids is 2. The number of anilines is 1. The third kappa shape index (κ3) is 4.02. The SMILES string of the molecule is CCOC(=O)c1ccccc1NC(=O)c1nn(-c2ccc(F)cc2)c(=O)n(C)c1=O. The number of hydrogen-bond donors (Lipinski definition) is 1. The molecule has 0 saturated carbocycles. The molecule has 10 heteroatoms. The summed E-state index contributed by atoms with van der Waals surface area (Å²) in [6, 6.07) is 10.9.